The van der Waals surface area contributed by atoms with Crippen LogP contribution in [0.15, 0.2) is 57.9 Å². The molecule has 0 aliphatic heterocycles. The summed E-state index contributed by atoms with van der Waals surface area (Å²) >= 11 is 4.48. The SMILES string of the molecule is O=C(NO)c1cc2ccc(CNS(=O)(=O)c3cccc(Br)c3)cc2s1. The van der Waals surface area contributed by atoms with Crippen molar-refractivity contribution in [3.8, 4) is 0 Å². The van der Waals surface area contributed by atoms with Gasteiger partial charge in [0, 0.05) is 15.7 Å². The Morgan fingerprint density at radius 1 is 1.16 bits per heavy atom. The largest absolute Gasteiger partial charge is 0.288 e. The molecule has 0 saturated carbocycles. The summed E-state index contributed by atoms with van der Waals surface area (Å²) in [5.74, 6) is -0.571. The Hall–Kier alpha value is -1.78. The van der Waals surface area contributed by atoms with Crippen molar-refractivity contribution in [3.05, 3.63) is 63.4 Å². The lowest BCUT2D eigenvalue weighted by Crippen LogP contribution is -2.23. The van der Waals surface area contributed by atoms with Crippen molar-refractivity contribution in [1.82, 2.24) is 10.2 Å². The molecule has 0 fully saturated rings. The standard InChI is InChI=1S/C16H13BrN2O4S2/c17-12-2-1-3-13(8-12)25(22,23)18-9-10-4-5-11-7-15(16(20)19-21)24-14(11)6-10/h1-8,18,21H,9H2,(H,19,20). The van der Waals surface area contributed by atoms with Crippen LogP contribution in [0.5, 0.6) is 0 Å². The molecule has 0 atom stereocenters. The summed E-state index contributed by atoms with van der Waals surface area (Å²) in [5.41, 5.74) is 2.37. The van der Waals surface area contributed by atoms with Gasteiger partial charge in [-0.1, -0.05) is 34.1 Å². The first-order valence-electron chi connectivity index (χ1n) is 7.11. The van der Waals surface area contributed by atoms with Crippen LogP contribution in [0.1, 0.15) is 15.2 Å². The number of nitrogens with one attached hydrogen (secondary N) is 2. The number of carbonyl (C=O) groups excluding carboxylic acids is 1. The van der Waals surface area contributed by atoms with E-state index in [1.807, 2.05) is 12.1 Å². The van der Waals surface area contributed by atoms with E-state index in [1.165, 1.54) is 23.5 Å². The van der Waals surface area contributed by atoms with E-state index in [4.69, 9.17) is 5.21 Å². The third-order valence-corrected chi connectivity index (χ3v) is 6.47. The number of sulfonamides is 1. The number of hydrogen-bond donors (Lipinski definition) is 3. The summed E-state index contributed by atoms with van der Waals surface area (Å²) < 4.78 is 28.8. The number of amides is 1. The van der Waals surface area contributed by atoms with Crippen LogP contribution in [-0.2, 0) is 16.6 Å². The van der Waals surface area contributed by atoms with Crippen LogP contribution < -0.4 is 10.2 Å². The molecule has 0 aliphatic carbocycles. The summed E-state index contributed by atoms with van der Waals surface area (Å²) in [6, 6.07) is 13.5. The van der Waals surface area contributed by atoms with Crippen molar-refractivity contribution in [2.45, 2.75) is 11.4 Å². The quantitative estimate of drug-likeness (QED) is 0.419. The predicted octanol–water partition coefficient (Wildman–Crippen LogP) is 3.26. The highest BCUT2D eigenvalue weighted by molar-refractivity contribution is 9.10. The van der Waals surface area contributed by atoms with Gasteiger partial charge in [-0.15, -0.1) is 11.3 Å². The molecule has 0 saturated heterocycles. The molecular formula is C16H13BrN2O4S2. The number of fused-ring (bicyclic) bond motifs is 1. The van der Waals surface area contributed by atoms with E-state index in [9.17, 15) is 13.2 Å². The van der Waals surface area contributed by atoms with Gasteiger partial charge in [-0.2, -0.15) is 0 Å². The lowest BCUT2D eigenvalue weighted by molar-refractivity contribution is 0.0711. The summed E-state index contributed by atoms with van der Waals surface area (Å²) in [6.45, 7) is 0.129. The Labute approximate surface area is 156 Å². The fraction of sp³-hybridized carbons (Fsp3) is 0.0625. The molecule has 1 aromatic heterocycles. The molecule has 9 heteroatoms. The van der Waals surface area contributed by atoms with E-state index in [1.54, 1.807) is 29.7 Å². The normalized spacial score (nSPS) is 11.6. The second-order valence-electron chi connectivity index (χ2n) is 5.21. The number of thiophene rings is 1. The van der Waals surface area contributed by atoms with E-state index < -0.39 is 15.9 Å². The lowest BCUT2D eigenvalue weighted by Gasteiger charge is -2.07. The Morgan fingerprint density at radius 3 is 2.68 bits per heavy atom. The molecule has 0 radical (unpaired) electrons. The summed E-state index contributed by atoms with van der Waals surface area (Å²) in [5, 5.41) is 9.55. The molecule has 3 N–H and O–H groups in total. The van der Waals surface area contributed by atoms with Gasteiger partial charge in [0.25, 0.3) is 5.91 Å². The van der Waals surface area contributed by atoms with Gasteiger partial charge in [-0.3, -0.25) is 10.0 Å². The van der Waals surface area contributed by atoms with Gasteiger partial charge < -0.3 is 0 Å². The number of halogens is 1. The molecule has 1 amide bonds. The zero-order valence-electron chi connectivity index (χ0n) is 12.7. The minimum Gasteiger partial charge on any atom is -0.288 e. The van der Waals surface area contributed by atoms with Crippen molar-refractivity contribution in [2.75, 3.05) is 0 Å². The highest BCUT2D eigenvalue weighted by Gasteiger charge is 2.14. The van der Waals surface area contributed by atoms with Crippen LogP contribution in [0.4, 0.5) is 0 Å². The maximum atomic E-state index is 12.3. The van der Waals surface area contributed by atoms with E-state index in [0.29, 0.717) is 9.35 Å². The molecule has 3 aromatic rings. The van der Waals surface area contributed by atoms with Crippen molar-refractivity contribution in [2.24, 2.45) is 0 Å². The average molecular weight is 441 g/mol. The van der Waals surface area contributed by atoms with E-state index >= 15 is 0 Å². The second-order valence-corrected chi connectivity index (χ2v) is 8.97. The molecular weight excluding hydrogens is 428 g/mol. The maximum absolute atomic E-state index is 12.3. The molecule has 3 rings (SSSR count). The maximum Gasteiger partial charge on any atom is 0.284 e. The summed E-state index contributed by atoms with van der Waals surface area (Å²) in [6.07, 6.45) is 0. The number of rotatable bonds is 5. The molecule has 25 heavy (non-hydrogen) atoms. The molecule has 2 aromatic carbocycles. The predicted molar refractivity (Wildman–Crippen MR) is 99.2 cm³/mol. The number of hydrogen-bond acceptors (Lipinski definition) is 5. The summed E-state index contributed by atoms with van der Waals surface area (Å²) in [4.78, 5) is 12.0. The lowest BCUT2D eigenvalue weighted by atomic mass is 10.2. The van der Waals surface area contributed by atoms with E-state index in [0.717, 1.165) is 15.6 Å². The molecule has 1 heterocycles. The van der Waals surface area contributed by atoms with Crippen molar-refractivity contribution >= 4 is 53.3 Å². The van der Waals surface area contributed by atoms with Crippen LogP contribution in [-0.4, -0.2) is 19.5 Å². The molecule has 130 valence electrons. The average Bonchev–Trinajstić information content (AvgIpc) is 3.02. The highest BCUT2D eigenvalue weighted by Crippen LogP contribution is 2.27. The first kappa shape index (κ1) is 18.0. The number of benzene rings is 2. The van der Waals surface area contributed by atoms with Crippen molar-refractivity contribution in [3.63, 3.8) is 0 Å². The fourth-order valence-electron chi connectivity index (χ4n) is 2.25. The van der Waals surface area contributed by atoms with Gasteiger partial charge in [0.2, 0.25) is 10.0 Å². The Morgan fingerprint density at radius 2 is 1.96 bits per heavy atom. The Bertz CT molecular complexity index is 1050. The van der Waals surface area contributed by atoms with Crippen LogP contribution >= 0.6 is 27.3 Å². The molecule has 0 bridgehead atoms. The smallest absolute Gasteiger partial charge is 0.284 e. The van der Waals surface area contributed by atoms with E-state index in [-0.39, 0.29) is 11.4 Å². The third-order valence-electron chi connectivity index (χ3n) is 3.48. The van der Waals surface area contributed by atoms with E-state index in [2.05, 4.69) is 20.7 Å². The Balaban J connectivity index is 1.80. The van der Waals surface area contributed by atoms with Crippen LogP contribution in [0.2, 0.25) is 0 Å². The Kier molecular flexibility index (Phi) is 5.21. The zero-order chi connectivity index (χ0) is 18.0. The van der Waals surface area contributed by atoms with Crippen molar-refractivity contribution in [1.29, 1.82) is 0 Å². The first-order valence-corrected chi connectivity index (χ1v) is 10.2. The van der Waals surface area contributed by atoms with Gasteiger partial charge in [-0.05, 0) is 41.3 Å². The topological polar surface area (TPSA) is 95.5 Å². The van der Waals surface area contributed by atoms with Gasteiger partial charge in [0.1, 0.15) is 0 Å². The van der Waals surface area contributed by atoms with Crippen molar-refractivity contribution < 1.29 is 18.4 Å². The minimum absolute atomic E-state index is 0.129. The number of carbonyl (C=O) groups is 1. The third kappa shape index (κ3) is 4.07. The monoisotopic (exact) mass is 440 g/mol. The first-order chi connectivity index (χ1) is 11.9. The molecule has 6 nitrogen and oxygen atoms in total. The van der Waals surface area contributed by atoms with Crippen LogP contribution in [0.3, 0.4) is 0 Å². The van der Waals surface area contributed by atoms with Crippen LogP contribution in [0, 0.1) is 0 Å². The summed E-state index contributed by atoms with van der Waals surface area (Å²) in [7, 11) is -3.62. The van der Waals surface area contributed by atoms with Gasteiger partial charge in [0.05, 0.1) is 9.77 Å². The fourth-order valence-corrected chi connectivity index (χ4v) is 4.88. The highest BCUT2D eigenvalue weighted by atomic mass is 79.9. The van der Waals surface area contributed by atoms with Gasteiger partial charge >= 0.3 is 0 Å². The van der Waals surface area contributed by atoms with Gasteiger partial charge in [-0.25, -0.2) is 18.6 Å². The minimum atomic E-state index is -3.62. The second kappa shape index (κ2) is 7.22. The zero-order valence-corrected chi connectivity index (χ0v) is 15.9. The number of hydroxylamine groups is 1. The molecule has 0 unspecified atom stereocenters. The van der Waals surface area contributed by atoms with Gasteiger partial charge in [0.15, 0.2) is 0 Å². The molecule has 0 spiro atoms. The van der Waals surface area contributed by atoms with Crippen LogP contribution in [0.25, 0.3) is 10.1 Å². The molecule has 0 aliphatic rings.